The lowest BCUT2D eigenvalue weighted by Gasteiger charge is -2.09. The van der Waals surface area contributed by atoms with Crippen molar-refractivity contribution in [3.05, 3.63) is 48.0 Å². The van der Waals surface area contributed by atoms with Gasteiger partial charge in [0, 0.05) is 6.04 Å². The average molecular weight is 201 g/mol. The molecule has 0 aliphatic carbocycles. The van der Waals surface area contributed by atoms with E-state index < -0.39 is 17.8 Å². The van der Waals surface area contributed by atoms with Gasteiger partial charge in [0.25, 0.3) is 0 Å². The minimum absolute atomic E-state index is 0.419. The summed E-state index contributed by atoms with van der Waals surface area (Å²) in [6.07, 6.45) is -2.82. The summed E-state index contributed by atoms with van der Waals surface area (Å²) in [7, 11) is 0. The van der Waals surface area contributed by atoms with E-state index in [1.807, 2.05) is 0 Å². The lowest BCUT2D eigenvalue weighted by molar-refractivity contribution is -0.137. The van der Waals surface area contributed by atoms with Gasteiger partial charge >= 0.3 is 6.18 Å². The first-order valence-electron chi connectivity index (χ1n) is 4.00. The average Bonchev–Trinajstić information content (AvgIpc) is 2.15. The molecular weight excluding hydrogens is 191 g/mol. The number of benzene rings is 1. The summed E-state index contributed by atoms with van der Waals surface area (Å²) < 4.78 is 36.5. The summed E-state index contributed by atoms with van der Waals surface area (Å²) >= 11 is 0. The molecule has 0 spiro atoms. The van der Waals surface area contributed by atoms with Gasteiger partial charge in [0.1, 0.15) is 0 Å². The zero-order valence-electron chi connectivity index (χ0n) is 7.38. The fourth-order valence-electron chi connectivity index (χ4n) is 1.03. The fraction of sp³-hybridized carbons (Fsp3) is 0.200. The molecule has 0 aromatic heterocycles. The second kappa shape index (κ2) is 3.84. The summed E-state index contributed by atoms with van der Waals surface area (Å²) in [4.78, 5) is 0. The predicted molar refractivity (Wildman–Crippen MR) is 48.6 cm³/mol. The molecular formula is C10H10F3N. The highest BCUT2D eigenvalue weighted by Gasteiger charge is 2.29. The van der Waals surface area contributed by atoms with Gasteiger partial charge in [0.2, 0.25) is 0 Å². The Morgan fingerprint density at radius 2 is 1.71 bits per heavy atom. The quantitative estimate of drug-likeness (QED) is 0.731. The van der Waals surface area contributed by atoms with Gasteiger partial charge in [-0.2, -0.15) is 13.2 Å². The molecule has 1 nitrogen and oxygen atoms in total. The highest BCUT2D eigenvalue weighted by molar-refractivity contribution is 5.28. The highest BCUT2D eigenvalue weighted by atomic mass is 19.4. The normalized spacial score (nSPS) is 13.7. The Balaban J connectivity index is 2.95. The Morgan fingerprint density at radius 1 is 1.21 bits per heavy atom. The topological polar surface area (TPSA) is 26.0 Å². The molecule has 0 saturated carbocycles. The number of hydrogen-bond donors (Lipinski definition) is 1. The number of alkyl halides is 3. The minimum Gasteiger partial charge on any atom is -0.321 e. The van der Waals surface area contributed by atoms with Crippen LogP contribution in [0, 0.1) is 0 Å². The lowest BCUT2D eigenvalue weighted by atomic mass is 10.1. The van der Waals surface area contributed by atoms with E-state index in [1.54, 1.807) is 0 Å². The van der Waals surface area contributed by atoms with E-state index in [9.17, 15) is 13.2 Å². The van der Waals surface area contributed by atoms with E-state index in [1.165, 1.54) is 18.2 Å². The highest BCUT2D eigenvalue weighted by Crippen LogP contribution is 2.29. The van der Waals surface area contributed by atoms with E-state index in [-0.39, 0.29) is 0 Å². The third-order valence-corrected chi connectivity index (χ3v) is 1.88. The minimum atomic E-state index is -4.29. The van der Waals surface area contributed by atoms with Crippen molar-refractivity contribution in [1.29, 1.82) is 0 Å². The molecule has 14 heavy (non-hydrogen) atoms. The van der Waals surface area contributed by atoms with Crippen molar-refractivity contribution in [3.8, 4) is 0 Å². The summed E-state index contributed by atoms with van der Waals surface area (Å²) in [5, 5.41) is 0. The van der Waals surface area contributed by atoms with Gasteiger partial charge < -0.3 is 5.73 Å². The zero-order valence-corrected chi connectivity index (χ0v) is 7.38. The first kappa shape index (κ1) is 10.8. The van der Waals surface area contributed by atoms with Crippen LogP contribution in [0.15, 0.2) is 36.9 Å². The van der Waals surface area contributed by atoms with Crippen molar-refractivity contribution in [1.82, 2.24) is 0 Å². The SMILES string of the molecule is C=C[C@H](N)c1ccc(C(F)(F)F)cc1. The molecule has 0 heterocycles. The number of halogens is 3. The maximum atomic E-state index is 12.2. The largest absolute Gasteiger partial charge is 0.416 e. The number of hydrogen-bond acceptors (Lipinski definition) is 1. The van der Waals surface area contributed by atoms with Crippen LogP contribution in [0.1, 0.15) is 17.2 Å². The molecule has 0 aliphatic rings. The third kappa shape index (κ3) is 2.35. The first-order chi connectivity index (χ1) is 6.45. The van der Waals surface area contributed by atoms with Gasteiger partial charge in [0.05, 0.1) is 5.56 Å². The molecule has 1 aromatic carbocycles. The molecule has 1 aromatic rings. The summed E-state index contributed by atoms with van der Waals surface area (Å²) in [6.45, 7) is 3.46. The third-order valence-electron chi connectivity index (χ3n) is 1.88. The second-order valence-corrected chi connectivity index (χ2v) is 2.88. The molecule has 0 bridgehead atoms. The van der Waals surface area contributed by atoms with Crippen LogP contribution >= 0.6 is 0 Å². The molecule has 0 fully saturated rings. The number of rotatable bonds is 2. The van der Waals surface area contributed by atoms with Crippen LogP contribution in [-0.2, 0) is 6.18 Å². The molecule has 0 saturated heterocycles. The molecule has 0 amide bonds. The van der Waals surface area contributed by atoms with Crippen LogP contribution in [0.25, 0.3) is 0 Å². The van der Waals surface area contributed by atoms with Gasteiger partial charge in [-0.05, 0) is 17.7 Å². The van der Waals surface area contributed by atoms with Gasteiger partial charge in [-0.15, -0.1) is 6.58 Å². The fourth-order valence-corrected chi connectivity index (χ4v) is 1.03. The molecule has 76 valence electrons. The van der Waals surface area contributed by atoms with Crippen LogP contribution in [0.4, 0.5) is 13.2 Å². The molecule has 0 aliphatic heterocycles. The van der Waals surface area contributed by atoms with Crippen molar-refractivity contribution in [3.63, 3.8) is 0 Å². The van der Waals surface area contributed by atoms with Gasteiger partial charge in [-0.1, -0.05) is 18.2 Å². The molecule has 4 heteroatoms. The maximum absolute atomic E-state index is 12.2. The summed E-state index contributed by atoms with van der Waals surface area (Å²) in [5.41, 5.74) is 5.50. The van der Waals surface area contributed by atoms with Crippen molar-refractivity contribution < 1.29 is 13.2 Å². The zero-order chi connectivity index (χ0) is 10.8. The Labute approximate surface area is 80.0 Å². The molecule has 1 atom stereocenters. The Morgan fingerprint density at radius 3 is 2.07 bits per heavy atom. The van der Waals surface area contributed by atoms with Gasteiger partial charge in [-0.25, -0.2) is 0 Å². The molecule has 0 radical (unpaired) electrons. The van der Waals surface area contributed by atoms with Crippen LogP contribution < -0.4 is 5.73 Å². The van der Waals surface area contributed by atoms with Crippen LogP contribution in [-0.4, -0.2) is 0 Å². The predicted octanol–water partition coefficient (Wildman–Crippen LogP) is 2.89. The van der Waals surface area contributed by atoms with E-state index in [2.05, 4.69) is 6.58 Å². The molecule has 2 N–H and O–H groups in total. The number of nitrogens with two attached hydrogens (primary N) is 1. The lowest BCUT2D eigenvalue weighted by Crippen LogP contribution is -2.08. The Bertz CT molecular complexity index is 313. The first-order valence-corrected chi connectivity index (χ1v) is 4.00. The van der Waals surface area contributed by atoms with Crippen LogP contribution in [0.5, 0.6) is 0 Å². The van der Waals surface area contributed by atoms with Crippen molar-refractivity contribution >= 4 is 0 Å². The Hall–Kier alpha value is -1.29. The molecule has 0 unspecified atom stereocenters. The monoisotopic (exact) mass is 201 g/mol. The standard InChI is InChI=1S/C10H10F3N/c1-2-9(14)7-3-5-8(6-4-7)10(11,12)13/h2-6,9H,1,14H2/t9-/m0/s1. The second-order valence-electron chi connectivity index (χ2n) is 2.88. The van der Waals surface area contributed by atoms with Gasteiger partial charge in [-0.3, -0.25) is 0 Å². The van der Waals surface area contributed by atoms with E-state index >= 15 is 0 Å². The van der Waals surface area contributed by atoms with Gasteiger partial charge in [0.15, 0.2) is 0 Å². The van der Waals surface area contributed by atoms with Crippen molar-refractivity contribution in [2.24, 2.45) is 5.73 Å². The van der Waals surface area contributed by atoms with Crippen LogP contribution in [0.3, 0.4) is 0 Å². The van der Waals surface area contributed by atoms with Crippen molar-refractivity contribution in [2.75, 3.05) is 0 Å². The Kier molecular flexibility index (Phi) is 2.96. The maximum Gasteiger partial charge on any atom is 0.416 e. The summed E-state index contributed by atoms with van der Waals surface area (Å²) in [6, 6.07) is 4.32. The summed E-state index contributed by atoms with van der Waals surface area (Å²) in [5.74, 6) is 0. The van der Waals surface area contributed by atoms with E-state index in [4.69, 9.17) is 5.73 Å². The van der Waals surface area contributed by atoms with Crippen LogP contribution in [0.2, 0.25) is 0 Å². The van der Waals surface area contributed by atoms with E-state index in [0.717, 1.165) is 12.1 Å². The van der Waals surface area contributed by atoms with E-state index in [0.29, 0.717) is 5.56 Å². The van der Waals surface area contributed by atoms with Crippen molar-refractivity contribution in [2.45, 2.75) is 12.2 Å². The molecule has 1 rings (SSSR count). The smallest absolute Gasteiger partial charge is 0.321 e.